The summed E-state index contributed by atoms with van der Waals surface area (Å²) in [5.41, 5.74) is 4.13. The van der Waals surface area contributed by atoms with Gasteiger partial charge in [0.15, 0.2) is 0 Å². The van der Waals surface area contributed by atoms with E-state index in [0.717, 1.165) is 35.6 Å². The van der Waals surface area contributed by atoms with Crippen molar-refractivity contribution in [2.75, 3.05) is 13.7 Å². The summed E-state index contributed by atoms with van der Waals surface area (Å²) in [6.07, 6.45) is 2.63. The van der Waals surface area contributed by atoms with Gasteiger partial charge in [0.2, 0.25) is 0 Å². The second kappa shape index (κ2) is 5.02. The molecule has 0 amide bonds. The largest absolute Gasteiger partial charge is 0.497 e. The molecule has 0 saturated heterocycles. The van der Waals surface area contributed by atoms with Gasteiger partial charge in [-0.2, -0.15) is 0 Å². The lowest BCUT2D eigenvalue weighted by atomic mass is 9.94. The molecule has 1 aliphatic rings. The van der Waals surface area contributed by atoms with Gasteiger partial charge in [-0.05, 0) is 36.2 Å². The van der Waals surface area contributed by atoms with Crippen molar-refractivity contribution in [2.24, 2.45) is 4.99 Å². The van der Waals surface area contributed by atoms with Crippen LogP contribution in [0.4, 0.5) is 0 Å². The summed E-state index contributed by atoms with van der Waals surface area (Å²) < 4.78 is 5.29. The maximum atomic E-state index is 6.17. The molecule has 19 heavy (non-hydrogen) atoms. The number of hydrogen-bond acceptors (Lipinski definition) is 3. The summed E-state index contributed by atoms with van der Waals surface area (Å²) in [4.78, 5) is 8.74. The third kappa shape index (κ3) is 2.22. The van der Waals surface area contributed by atoms with Crippen LogP contribution in [0.2, 0.25) is 5.15 Å². The van der Waals surface area contributed by atoms with Gasteiger partial charge in [-0.1, -0.05) is 17.7 Å². The maximum absolute atomic E-state index is 6.17. The van der Waals surface area contributed by atoms with E-state index in [4.69, 9.17) is 16.3 Å². The number of ether oxygens (including phenoxy) is 1. The average molecular weight is 273 g/mol. The number of nitrogens with zero attached hydrogens (tertiary/aromatic N) is 2. The van der Waals surface area contributed by atoms with Crippen LogP contribution < -0.4 is 4.74 Å². The van der Waals surface area contributed by atoms with Crippen LogP contribution in [0, 0.1) is 0 Å². The third-order valence-corrected chi connectivity index (χ3v) is 3.54. The van der Waals surface area contributed by atoms with Gasteiger partial charge >= 0.3 is 0 Å². The molecule has 0 aliphatic carbocycles. The fraction of sp³-hybridized carbons (Fsp3) is 0.200. The molecule has 2 heterocycles. The normalized spacial score (nSPS) is 13.7. The molecule has 1 aliphatic heterocycles. The maximum Gasteiger partial charge on any atom is 0.138 e. The number of hydrogen-bond donors (Lipinski definition) is 0. The van der Waals surface area contributed by atoms with E-state index in [1.54, 1.807) is 13.3 Å². The Morgan fingerprint density at radius 1 is 1.21 bits per heavy atom. The van der Waals surface area contributed by atoms with Gasteiger partial charge in [0, 0.05) is 23.9 Å². The van der Waals surface area contributed by atoms with Gasteiger partial charge in [0.25, 0.3) is 0 Å². The number of methoxy groups -OCH3 is 1. The topological polar surface area (TPSA) is 34.5 Å². The van der Waals surface area contributed by atoms with Crippen LogP contribution in [0.25, 0.3) is 0 Å². The number of benzene rings is 1. The second-order valence-electron chi connectivity index (χ2n) is 4.35. The van der Waals surface area contributed by atoms with E-state index in [-0.39, 0.29) is 0 Å². The van der Waals surface area contributed by atoms with Crippen molar-refractivity contribution < 1.29 is 4.74 Å². The van der Waals surface area contributed by atoms with Crippen molar-refractivity contribution in [3.63, 3.8) is 0 Å². The molecule has 0 saturated carbocycles. The summed E-state index contributed by atoms with van der Waals surface area (Å²) in [5.74, 6) is 0.827. The van der Waals surface area contributed by atoms with Crippen LogP contribution in [-0.4, -0.2) is 24.4 Å². The van der Waals surface area contributed by atoms with Crippen molar-refractivity contribution in [3.8, 4) is 5.75 Å². The zero-order valence-corrected chi connectivity index (χ0v) is 11.3. The van der Waals surface area contributed by atoms with E-state index in [1.807, 2.05) is 24.3 Å². The molecule has 0 fully saturated rings. The van der Waals surface area contributed by atoms with Gasteiger partial charge in [-0.25, -0.2) is 4.98 Å². The molecule has 0 spiro atoms. The first-order valence-corrected chi connectivity index (χ1v) is 6.50. The van der Waals surface area contributed by atoms with Gasteiger partial charge in [0.05, 0.1) is 12.8 Å². The zero-order chi connectivity index (χ0) is 13.2. The first-order valence-electron chi connectivity index (χ1n) is 6.12. The van der Waals surface area contributed by atoms with Crippen LogP contribution in [0.1, 0.15) is 16.7 Å². The van der Waals surface area contributed by atoms with Crippen molar-refractivity contribution in [1.82, 2.24) is 4.98 Å². The number of halogens is 1. The van der Waals surface area contributed by atoms with Crippen LogP contribution >= 0.6 is 11.6 Å². The number of fused-ring (bicyclic) bond motifs is 1. The van der Waals surface area contributed by atoms with Gasteiger partial charge in [-0.3, -0.25) is 4.99 Å². The molecule has 0 unspecified atom stereocenters. The first-order chi connectivity index (χ1) is 9.29. The molecule has 1 aromatic carbocycles. The van der Waals surface area contributed by atoms with E-state index in [1.165, 1.54) is 5.56 Å². The van der Waals surface area contributed by atoms with Gasteiger partial charge in [0.1, 0.15) is 10.9 Å². The van der Waals surface area contributed by atoms with Crippen LogP contribution in [0.5, 0.6) is 5.75 Å². The Kier molecular flexibility index (Phi) is 3.22. The van der Waals surface area contributed by atoms with E-state index in [2.05, 4.69) is 16.0 Å². The van der Waals surface area contributed by atoms with E-state index in [9.17, 15) is 0 Å². The lowest BCUT2D eigenvalue weighted by molar-refractivity contribution is 0.414. The van der Waals surface area contributed by atoms with Crippen molar-refractivity contribution in [1.29, 1.82) is 0 Å². The highest BCUT2D eigenvalue weighted by molar-refractivity contribution is 6.34. The Balaban J connectivity index is 2.15. The molecule has 3 rings (SSSR count). The fourth-order valence-electron chi connectivity index (χ4n) is 2.29. The quantitative estimate of drug-likeness (QED) is 0.787. The first kappa shape index (κ1) is 12.2. The van der Waals surface area contributed by atoms with E-state index < -0.39 is 0 Å². The predicted octanol–water partition coefficient (Wildman–Crippen LogP) is 3.14. The average Bonchev–Trinajstić information content (AvgIpc) is 2.47. The Morgan fingerprint density at radius 2 is 2.11 bits per heavy atom. The van der Waals surface area contributed by atoms with Gasteiger partial charge in [-0.15, -0.1) is 0 Å². The molecule has 2 aromatic rings. The zero-order valence-electron chi connectivity index (χ0n) is 10.6. The minimum atomic E-state index is 0.483. The molecular formula is C15H13ClN2O. The Hall–Kier alpha value is -1.87. The van der Waals surface area contributed by atoms with Crippen LogP contribution in [0.3, 0.4) is 0 Å². The van der Waals surface area contributed by atoms with Crippen molar-refractivity contribution >= 4 is 17.3 Å². The standard InChI is InChI=1S/C15H13ClN2O/c1-19-11-5-4-10-6-8-17-14(13(10)9-11)12-3-2-7-18-15(12)16/h2-5,7,9H,6,8H2,1H3. The predicted molar refractivity (Wildman–Crippen MR) is 76.5 cm³/mol. The highest BCUT2D eigenvalue weighted by Gasteiger charge is 2.18. The third-order valence-electron chi connectivity index (χ3n) is 3.24. The Bertz CT molecular complexity index is 652. The van der Waals surface area contributed by atoms with Gasteiger partial charge < -0.3 is 4.74 Å². The molecule has 0 N–H and O–H groups in total. The molecule has 0 radical (unpaired) electrons. The Morgan fingerprint density at radius 3 is 2.89 bits per heavy atom. The van der Waals surface area contributed by atoms with E-state index in [0.29, 0.717) is 5.15 Å². The number of pyridine rings is 1. The summed E-state index contributed by atoms with van der Waals surface area (Å²) in [5, 5.41) is 0.483. The van der Waals surface area contributed by atoms with Crippen LogP contribution in [0.15, 0.2) is 41.5 Å². The molecule has 4 heteroatoms. The second-order valence-corrected chi connectivity index (χ2v) is 4.70. The number of rotatable bonds is 2. The lowest BCUT2D eigenvalue weighted by Gasteiger charge is -2.18. The number of aliphatic imine (C=N–C) groups is 1. The van der Waals surface area contributed by atoms with Crippen molar-refractivity contribution in [2.45, 2.75) is 6.42 Å². The molecule has 0 atom stereocenters. The monoisotopic (exact) mass is 272 g/mol. The minimum absolute atomic E-state index is 0.483. The molecule has 1 aromatic heterocycles. The summed E-state index contributed by atoms with van der Waals surface area (Å²) in [7, 11) is 1.67. The molecule has 0 bridgehead atoms. The SMILES string of the molecule is COc1ccc2c(c1)C(c1cccnc1Cl)=NCC2. The summed E-state index contributed by atoms with van der Waals surface area (Å²) in [6, 6.07) is 9.90. The number of aromatic nitrogens is 1. The highest BCUT2D eigenvalue weighted by atomic mass is 35.5. The minimum Gasteiger partial charge on any atom is -0.497 e. The van der Waals surface area contributed by atoms with Crippen LogP contribution in [-0.2, 0) is 6.42 Å². The lowest BCUT2D eigenvalue weighted by Crippen LogP contribution is -2.15. The summed E-state index contributed by atoms with van der Waals surface area (Å²) in [6.45, 7) is 0.778. The molecule has 3 nitrogen and oxygen atoms in total. The Labute approximate surface area is 116 Å². The van der Waals surface area contributed by atoms with E-state index >= 15 is 0 Å². The smallest absolute Gasteiger partial charge is 0.138 e. The highest BCUT2D eigenvalue weighted by Crippen LogP contribution is 2.26. The van der Waals surface area contributed by atoms with Crippen molar-refractivity contribution in [3.05, 3.63) is 58.4 Å². The summed E-state index contributed by atoms with van der Waals surface area (Å²) >= 11 is 6.17. The molecular weight excluding hydrogens is 260 g/mol. The fourth-order valence-corrected chi connectivity index (χ4v) is 2.50. The molecule has 96 valence electrons.